The quantitative estimate of drug-likeness (QED) is 0.585. The molecule has 1 aromatic heterocycles. The number of hydrogen-bond acceptors (Lipinski definition) is 5. The van der Waals surface area contributed by atoms with E-state index in [0.29, 0.717) is 11.7 Å². The van der Waals surface area contributed by atoms with Crippen LogP contribution in [0.5, 0.6) is 0 Å². The van der Waals surface area contributed by atoms with Gasteiger partial charge in [-0.2, -0.15) is 0 Å². The summed E-state index contributed by atoms with van der Waals surface area (Å²) >= 11 is 0. The number of hydrogen-bond donors (Lipinski definition) is 3. The first-order chi connectivity index (χ1) is 9.61. The lowest BCUT2D eigenvalue weighted by Gasteiger charge is -2.13. The number of carbonyl (C=O) groups excluding carboxylic acids is 1. The van der Waals surface area contributed by atoms with Gasteiger partial charge >= 0.3 is 0 Å². The van der Waals surface area contributed by atoms with Gasteiger partial charge in [0.05, 0.1) is 12.4 Å². The van der Waals surface area contributed by atoms with Crippen LogP contribution in [0.4, 0.5) is 11.5 Å². The van der Waals surface area contributed by atoms with Gasteiger partial charge in [0, 0.05) is 5.69 Å². The summed E-state index contributed by atoms with van der Waals surface area (Å²) in [6.07, 6.45) is 2.78. The summed E-state index contributed by atoms with van der Waals surface area (Å²) in [5, 5.41) is 2.85. The minimum absolute atomic E-state index is 0.238. The van der Waals surface area contributed by atoms with Crippen LogP contribution in [0.2, 0.25) is 0 Å². The van der Waals surface area contributed by atoms with Gasteiger partial charge in [0.15, 0.2) is 5.82 Å². The predicted octanol–water partition coefficient (Wildman–Crippen LogP) is 2.14. The molecule has 2 aromatic rings. The molecule has 0 saturated heterocycles. The summed E-state index contributed by atoms with van der Waals surface area (Å²) in [6, 6.07) is 7.70. The number of nitrogens with two attached hydrogens (primary N) is 1. The highest BCUT2D eigenvalue weighted by molar-refractivity contribution is 6.03. The Morgan fingerprint density at radius 3 is 2.55 bits per heavy atom. The second-order valence-electron chi connectivity index (χ2n) is 4.63. The number of nitrogens with zero attached hydrogens (tertiary/aromatic N) is 2. The van der Waals surface area contributed by atoms with Gasteiger partial charge in [0.2, 0.25) is 0 Å². The van der Waals surface area contributed by atoms with Gasteiger partial charge in [-0.3, -0.25) is 4.79 Å². The zero-order valence-corrected chi connectivity index (χ0v) is 11.4. The Labute approximate surface area is 117 Å². The maximum Gasteiger partial charge on any atom is 0.275 e. The number of amides is 1. The summed E-state index contributed by atoms with van der Waals surface area (Å²) in [6.45, 7) is 4.15. The van der Waals surface area contributed by atoms with E-state index in [0.717, 1.165) is 11.3 Å². The van der Waals surface area contributed by atoms with Crippen LogP contribution in [-0.4, -0.2) is 15.9 Å². The highest BCUT2D eigenvalue weighted by Crippen LogP contribution is 2.23. The Kier molecular flexibility index (Phi) is 4.27. The third-order valence-electron chi connectivity index (χ3n) is 2.86. The van der Waals surface area contributed by atoms with E-state index in [-0.39, 0.29) is 11.6 Å². The smallest absolute Gasteiger partial charge is 0.275 e. The molecule has 0 unspecified atom stereocenters. The number of rotatable bonds is 4. The number of aromatic nitrogens is 2. The lowest BCUT2D eigenvalue weighted by molar-refractivity contribution is 0.102. The molecule has 6 nitrogen and oxygen atoms in total. The number of benzene rings is 1. The van der Waals surface area contributed by atoms with Crippen molar-refractivity contribution in [3.05, 3.63) is 47.9 Å². The van der Waals surface area contributed by atoms with Crippen molar-refractivity contribution in [2.24, 2.45) is 5.84 Å². The van der Waals surface area contributed by atoms with Gasteiger partial charge in [-0.15, -0.1) is 0 Å². The van der Waals surface area contributed by atoms with Crippen molar-refractivity contribution in [1.82, 2.24) is 9.97 Å². The fourth-order valence-corrected chi connectivity index (χ4v) is 1.82. The van der Waals surface area contributed by atoms with Crippen LogP contribution >= 0.6 is 0 Å². The van der Waals surface area contributed by atoms with E-state index in [1.54, 1.807) is 0 Å². The number of nitrogens with one attached hydrogen (secondary N) is 2. The SMILES string of the molecule is CC(C)c1ccccc1NC(=O)c1cnc(NN)cn1. The molecule has 0 bridgehead atoms. The van der Waals surface area contributed by atoms with Gasteiger partial charge in [-0.05, 0) is 17.5 Å². The summed E-state index contributed by atoms with van der Waals surface area (Å²) < 4.78 is 0. The van der Waals surface area contributed by atoms with Crippen molar-refractivity contribution in [1.29, 1.82) is 0 Å². The fourth-order valence-electron chi connectivity index (χ4n) is 1.82. The van der Waals surface area contributed by atoms with Gasteiger partial charge in [0.25, 0.3) is 5.91 Å². The van der Waals surface area contributed by atoms with E-state index in [4.69, 9.17) is 5.84 Å². The van der Waals surface area contributed by atoms with Crippen molar-refractivity contribution in [3.63, 3.8) is 0 Å². The third kappa shape index (κ3) is 3.10. The summed E-state index contributed by atoms with van der Waals surface area (Å²) in [7, 11) is 0. The lowest BCUT2D eigenvalue weighted by Crippen LogP contribution is -2.16. The molecule has 2 rings (SSSR count). The van der Waals surface area contributed by atoms with Gasteiger partial charge < -0.3 is 10.7 Å². The van der Waals surface area contributed by atoms with Crippen LogP contribution in [0.15, 0.2) is 36.7 Å². The highest BCUT2D eigenvalue weighted by atomic mass is 16.1. The van der Waals surface area contributed by atoms with Gasteiger partial charge in [0.1, 0.15) is 5.69 Å². The minimum Gasteiger partial charge on any atom is -0.320 e. The zero-order valence-electron chi connectivity index (χ0n) is 11.4. The number of nitrogen functional groups attached to an aromatic ring is 1. The summed E-state index contributed by atoms with van der Waals surface area (Å²) in [5.41, 5.74) is 4.47. The largest absolute Gasteiger partial charge is 0.320 e. The van der Waals surface area contributed by atoms with Gasteiger partial charge in [-0.25, -0.2) is 15.8 Å². The Bertz CT molecular complexity index is 595. The van der Waals surface area contributed by atoms with E-state index in [9.17, 15) is 4.79 Å². The standard InChI is InChI=1S/C14H17N5O/c1-9(2)10-5-3-4-6-11(10)18-14(20)12-7-17-13(19-15)8-16-12/h3-9H,15H2,1-2H3,(H,17,19)(H,18,20). The van der Waals surface area contributed by atoms with E-state index >= 15 is 0 Å². The summed E-state index contributed by atoms with van der Waals surface area (Å²) in [4.78, 5) is 20.1. The topological polar surface area (TPSA) is 92.9 Å². The first kappa shape index (κ1) is 14.0. The van der Waals surface area contributed by atoms with Crippen molar-refractivity contribution < 1.29 is 4.79 Å². The number of anilines is 2. The third-order valence-corrected chi connectivity index (χ3v) is 2.86. The number of hydrazine groups is 1. The van der Waals surface area contributed by atoms with E-state index in [2.05, 4.69) is 34.6 Å². The molecule has 6 heteroatoms. The Hall–Kier alpha value is -2.47. The Balaban J connectivity index is 2.19. The molecule has 20 heavy (non-hydrogen) atoms. The van der Waals surface area contributed by atoms with Crippen molar-refractivity contribution >= 4 is 17.4 Å². The number of carbonyl (C=O) groups is 1. The lowest BCUT2D eigenvalue weighted by atomic mass is 10.0. The van der Waals surface area contributed by atoms with E-state index in [1.165, 1.54) is 12.4 Å². The molecule has 0 spiro atoms. The first-order valence-electron chi connectivity index (χ1n) is 6.30. The highest BCUT2D eigenvalue weighted by Gasteiger charge is 2.12. The Morgan fingerprint density at radius 2 is 1.95 bits per heavy atom. The molecule has 104 valence electrons. The molecule has 0 aliphatic carbocycles. The zero-order chi connectivity index (χ0) is 14.5. The Morgan fingerprint density at radius 1 is 1.20 bits per heavy atom. The molecule has 0 aliphatic heterocycles. The normalized spacial score (nSPS) is 10.4. The molecule has 0 fully saturated rings. The molecule has 1 aromatic carbocycles. The van der Waals surface area contributed by atoms with Crippen LogP contribution < -0.4 is 16.6 Å². The maximum atomic E-state index is 12.1. The van der Waals surface area contributed by atoms with Crippen molar-refractivity contribution in [3.8, 4) is 0 Å². The molecule has 0 radical (unpaired) electrons. The monoisotopic (exact) mass is 271 g/mol. The molecule has 4 N–H and O–H groups in total. The van der Waals surface area contributed by atoms with E-state index < -0.39 is 0 Å². The molecule has 1 heterocycles. The second kappa shape index (κ2) is 6.12. The number of para-hydroxylation sites is 1. The van der Waals surface area contributed by atoms with Crippen molar-refractivity contribution in [2.45, 2.75) is 19.8 Å². The van der Waals surface area contributed by atoms with Crippen LogP contribution in [0.3, 0.4) is 0 Å². The van der Waals surface area contributed by atoms with Crippen LogP contribution in [0.1, 0.15) is 35.8 Å². The first-order valence-corrected chi connectivity index (χ1v) is 6.30. The minimum atomic E-state index is -0.297. The predicted molar refractivity (Wildman–Crippen MR) is 78.3 cm³/mol. The average molecular weight is 271 g/mol. The fraction of sp³-hybridized carbons (Fsp3) is 0.214. The molecule has 0 aliphatic rings. The van der Waals surface area contributed by atoms with Crippen LogP contribution in [0.25, 0.3) is 0 Å². The molecule has 0 atom stereocenters. The second-order valence-corrected chi connectivity index (χ2v) is 4.63. The molecular formula is C14H17N5O. The van der Waals surface area contributed by atoms with E-state index in [1.807, 2.05) is 24.3 Å². The summed E-state index contributed by atoms with van der Waals surface area (Å²) in [5.74, 6) is 5.63. The van der Waals surface area contributed by atoms with Crippen LogP contribution in [0, 0.1) is 0 Å². The molecule has 0 saturated carbocycles. The van der Waals surface area contributed by atoms with Gasteiger partial charge in [-0.1, -0.05) is 32.0 Å². The average Bonchev–Trinajstić information content (AvgIpc) is 2.47. The van der Waals surface area contributed by atoms with Crippen molar-refractivity contribution in [2.75, 3.05) is 10.7 Å². The molecule has 1 amide bonds. The molecular weight excluding hydrogens is 254 g/mol. The maximum absolute atomic E-state index is 12.1. The van der Waals surface area contributed by atoms with Crippen LogP contribution in [-0.2, 0) is 0 Å².